The van der Waals surface area contributed by atoms with Crippen LogP contribution >= 0.6 is 12.6 Å². The lowest BCUT2D eigenvalue weighted by Gasteiger charge is -2.29. The van der Waals surface area contributed by atoms with Gasteiger partial charge in [0.15, 0.2) is 11.7 Å². The van der Waals surface area contributed by atoms with Gasteiger partial charge in [-0.3, -0.25) is 29.0 Å². The summed E-state index contributed by atoms with van der Waals surface area (Å²) in [5.74, 6) is -4.01. The van der Waals surface area contributed by atoms with E-state index in [9.17, 15) is 33.9 Å². The molecule has 0 bridgehead atoms. The molecule has 13 nitrogen and oxygen atoms in total. The standard InChI is InChI=1S/C31H46N6O7S/c1-2-8-22(38)13-14-27(40)35-24(19-45)26(39)18-21(17-20-9-4-3-5-10-20)29(42)37-16-7-12-25(37)28(41)36-23(30(43)44)11-6-15-34-31(32)33/h3-5,9-10,21,23-25,45H,2,6-8,11-19H2,1H3,(H,35,40)(H,36,41)(H,43,44)(H4,32,33,34)/t21-,23-,24-,25-/m0/s1. The van der Waals surface area contributed by atoms with E-state index in [1.807, 2.05) is 37.3 Å². The van der Waals surface area contributed by atoms with Crippen LogP contribution in [0.3, 0.4) is 0 Å². The van der Waals surface area contributed by atoms with E-state index in [-0.39, 0.29) is 68.5 Å². The Morgan fingerprint density at radius 2 is 1.76 bits per heavy atom. The average molecular weight is 647 g/mol. The number of likely N-dealkylation sites (tertiary alicyclic amines) is 1. The van der Waals surface area contributed by atoms with E-state index in [4.69, 9.17) is 11.5 Å². The first-order valence-electron chi connectivity index (χ1n) is 15.3. The zero-order valence-electron chi connectivity index (χ0n) is 25.8. The Bertz CT molecular complexity index is 1210. The minimum atomic E-state index is -1.22. The molecule has 1 saturated heterocycles. The van der Waals surface area contributed by atoms with Crippen molar-refractivity contribution in [2.75, 3.05) is 18.8 Å². The number of carbonyl (C=O) groups is 6. The number of aliphatic carboxylic acids is 1. The van der Waals surface area contributed by atoms with Crippen molar-refractivity contribution in [1.29, 1.82) is 0 Å². The van der Waals surface area contributed by atoms with Crippen molar-refractivity contribution in [2.24, 2.45) is 22.4 Å². The highest BCUT2D eigenvalue weighted by Crippen LogP contribution is 2.25. The second-order valence-electron chi connectivity index (χ2n) is 11.2. The Hall–Kier alpha value is -3.94. The van der Waals surface area contributed by atoms with Crippen LogP contribution in [0.5, 0.6) is 0 Å². The molecule has 0 aliphatic carbocycles. The minimum Gasteiger partial charge on any atom is -0.480 e. The smallest absolute Gasteiger partial charge is 0.326 e. The quantitative estimate of drug-likeness (QED) is 0.0515. The number of ketones is 2. The molecular weight excluding hydrogens is 600 g/mol. The highest BCUT2D eigenvalue weighted by atomic mass is 32.1. The number of benzene rings is 1. The van der Waals surface area contributed by atoms with Gasteiger partial charge in [0.25, 0.3) is 0 Å². The highest BCUT2D eigenvalue weighted by molar-refractivity contribution is 7.80. The SMILES string of the molecule is CCCC(=O)CCC(=O)N[C@@H](CS)C(=O)C[C@H](Cc1ccccc1)C(=O)N1CCC[C@H]1C(=O)N[C@@H](CCCN=C(N)N)C(=O)O. The number of carboxylic acids is 1. The number of carbonyl (C=O) groups excluding carboxylic acids is 5. The number of rotatable bonds is 20. The summed E-state index contributed by atoms with van der Waals surface area (Å²) in [6.07, 6.45) is 2.42. The van der Waals surface area contributed by atoms with Crippen LogP contribution in [0.15, 0.2) is 35.3 Å². The van der Waals surface area contributed by atoms with Crippen LogP contribution < -0.4 is 22.1 Å². The number of hydrogen-bond acceptors (Lipinski definition) is 8. The summed E-state index contributed by atoms with van der Waals surface area (Å²) in [7, 11) is 0. The van der Waals surface area contributed by atoms with Gasteiger partial charge in [-0.25, -0.2) is 4.79 Å². The molecule has 7 N–H and O–H groups in total. The first-order chi connectivity index (χ1) is 21.5. The van der Waals surface area contributed by atoms with Gasteiger partial charge in [0, 0.05) is 50.4 Å². The average Bonchev–Trinajstić information content (AvgIpc) is 3.50. The second-order valence-corrected chi connectivity index (χ2v) is 11.6. The number of guanidine groups is 1. The largest absolute Gasteiger partial charge is 0.480 e. The van der Waals surface area contributed by atoms with Crippen molar-refractivity contribution >= 4 is 53.8 Å². The molecule has 0 unspecified atom stereocenters. The van der Waals surface area contributed by atoms with Crippen molar-refractivity contribution in [1.82, 2.24) is 15.5 Å². The van der Waals surface area contributed by atoms with Crippen LogP contribution in [0.25, 0.3) is 0 Å². The monoisotopic (exact) mass is 646 g/mol. The van der Waals surface area contributed by atoms with E-state index in [1.165, 1.54) is 4.90 Å². The van der Waals surface area contributed by atoms with E-state index < -0.39 is 47.7 Å². The first kappa shape index (κ1) is 37.2. The molecule has 2 rings (SSSR count). The number of aliphatic imine (C=N–C) groups is 1. The Kier molecular flexibility index (Phi) is 16.1. The molecule has 1 heterocycles. The maximum atomic E-state index is 14.0. The molecule has 4 atom stereocenters. The fraction of sp³-hybridized carbons (Fsp3) is 0.581. The van der Waals surface area contributed by atoms with Crippen LogP contribution in [0.2, 0.25) is 0 Å². The molecule has 3 amide bonds. The zero-order chi connectivity index (χ0) is 33.4. The van der Waals surface area contributed by atoms with Gasteiger partial charge in [0.2, 0.25) is 17.7 Å². The maximum Gasteiger partial charge on any atom is 0.326 e. The van der Waals surface area contributed by atoms with E-state index in [1.54, 1.807) is 0 Å². The normalized spacial score (nSPS) is 16.2. The summed E-state index contributed by atoms with van der Waals surface area (Å²) in [6.45, 7) is 2.36. The lowest BCUT2D eigenvalue weighted by atomic mass is 9.90. The Labute approximate surface area is 269 Å². The molecule has 0 aromatic heterocycles. The molecule has 45 heavy (non-hydrogen) atoms. The Morgan fingerprint density at radius 3 is 2.38 bits per heavy atom. The number of nitrogens with zero attached hydrogens (tertiary/aromatic N) is 2. The van der Waals surface area contributed by atoms with Crippen LogP contribution in [0, 0.1) is 5.92 Å². The van der Waals surface area contributed by atoms with E-state index in [0.29, 0.717) is 32.1 Å². The molecule has 248 valence electrons. The van der Waals surface area contributed by atoms with Gasteiger partial charge < -0.3 is 32.1 Å². The Morgan fingerprint density at radius 1 is 1.04 bits per heavy atom. The van der Waals surface area contributed by atoms with Crippen molar-refractivity contribution in [2.45, 2.75) is 89.3 Å². The minimum absolute atomic E-state index is 0.00817. The van der Waals surface area contributed by atoms with Gasteiger partial charge in [-0.1, -0.05) is 37.3 Å². The Balaban J connectivity index is 2.16. The number of hydrogen-bond donors (Lipinski definition) is 6. The number of carboxylic acid groups (broad SMARTS) is 1. The van der Waals surface area contributed by atoms with Gasteiger partial charge in [-0.15, -0.1) is 0 Å². The van der Waals surface area contributed by atoms with E-state index >= 15 is 0 Å². The van der Waals surface area contributed by atoms with Gasteiger partial charge >= 0.3 is 5.97 Å². The zero-order valence-corrected chi connectivity index (χ0v) is 26.7. The summed E-state index contributed by atoms with van der Waals surface area (Å²) in [6, 6.07) is 6.10. The molecule has 1 aliphatic heterocycles. The number of Topliss-reactive ketones (excluding diaryl/α,β-unsaturated/α-hetero) is 2. The fourth-order valence-electron chi connectivity index (χ4n) is 5.25. The number of nitrogens with one attached hydrogen (secondary N) is 2. The lowest BCUT2D eigenvalue weighted by molar-refractivity contribution is -0.145. The second kappa shape index (κ2) is 19.4. The van der Waals surface area contributed by atoms with Crippen molar-refractivity contribution < 1.29 is 33.9 Å². The maximum absolute atomic E-state index is 14.0. The summed E-state index contributed by atoms with van der Waals surface area (Å²) in [5.41, 5.74) is 11.4. The van der Waals surface area contributed by atoms with Crippen LogP contribution in [-0.2, 0) is 35.2 Å². The third-order valence-corrected chi connectivity index (χ3v) is 7.95. The predicted molar refractivity (Wildman–Crippen MR) is 172 cm³/mol. The summed E-state index contributed by atoms with van der Waals surface area (Å²) >= 11 is 4.24. The molecule has 14 heteroatoms. The van der Waals surface area contributed by atoms with Gasteiger partial charge in [0.1, 0.15) is 17.9 Å². The third kappa shape index (κ3) is 12.9. The van der Waals surface area contributed by atoms with Crippen LogP contribution in [-0.4, -0.2) is 88.2 Å². The number of amides is 3. The van der Waals surface area contributed by atoms with Gasteiger partial charge in [-0.05, 0) is 44.1 Å². The molecule has 1 aliphatic rings. The number of nitrogens with two attached hydrogens (primary N) is 2. The molecule has 1 aromatic rings. The molecule has 0 saturated carbocycles. The predicted octanol–water partition coefficient (Wildman–Crippen LogP) is 0.983. The number of thiol groups is 1. The van der Waals surface area contributed by atoms with Crippen molar-refractivity contribution in [3.8, 4) is 0 Å². The van der Waals surface area contributed by atoms with Gasteiger partial charge in [-0.2, -0.15) is 12.6 Å². The topological polar surface area (TPSA) is 214 Å². The fourth-order valence-corrected chi connectivity index (χ4v) is 5.54. The van der Waals surface area contributed by atoms with E-state index in [0.717, 1.165) is 5.56 Å². The molecule has 0 radical (unpaired) electrons. The lowest BCUT2D eigenvalue weighted by Crippen LogP contribution is -2.52. The third-order valence-electron chi connectivity index (χ3n) is 7.59. The van der Waals surface area contributed by atoms with Crippen molar-refractivity contribution in [3.63, 3.8) is 0 Å². The molecular formula is C31H46N6O7S. The van der Waals surface area contributed by atoms with Crippen LogP contribution in [0.1, 0.15) is 70.3 Å². The van der Waals surface area contributed by atoms with E-state index in [2.05, 4.69) is 28.3 Å². The van der Waals surface area contributed by atoms with Crippen LogP contribution in [0.4, 0.5) is 0 Å². The molecule has 1 fully saturated rings. The summed E-state index contributed by atoms with van der Waals surface area (Å²) in [5, 5.41) is 14.8. The van der Waals surface area contributed by atoms with Gasteiger partial charge in [0.05, 0.1) is 6.04 Å². The highest BCUT2D eigenvalue weighted by Gasteiger charge is 2.39. The van der Waals surface area contributed by atoms with Crippen molar-refractivity contribution in [3.05, 3.63) is 35.9 Å². The molecule has 1 aromatic carbocycles. The first-order valence-corrected chi connectivity index (χ1v) is 16.0. The molecule has 0 spiro atoms. The summed E-state index contributed by atoms with van der Waals surface area (Å²) in [4.78, 5) is 82.0. The summed E-state index contributed by atoms with van der Waals surface area (Å²) < 4.78 is 0.